The Hall–Kier alpha value is -1.88. The highest BCUT2D eigenvalue weighted by Gasteiger charge is 2.47. The summed E-state index contributed by atoms with van der Waals surface area (Å²) in [5, 5.41) is 10.5. The summed E-state index contributed by atoms with van der Waals surface area (Å²) in [7, 11) is 0. The van der Waals surface area contributed by atoms with Crippen LogP contribution in [0.1, 0.15) is 79.4 Å². The minimum atomic E-state index is -0.847. The minimum Gasteiger partial charge on any atom is -0.478 e. The summed E-state index contributed by atoms with van der Waals surface area (Å²) in [4.78, 5) is 20.3. The normalized spacial score (nSPS) is 26.7. The number of carbonyl (C=O) groups is 1. The number of aromatic carboxylic acids is 1. The Labute approximate surface area is 164 Å². The molecule has 5 rings (SSSR count). The van der Waals surface area contributed by atoms with Gasteiger partial charge in [0.05, 0.1) is 11.3 Å². The van der Waals surface area contributed by atoms with E-state index in [1.807, 2.05) is 23.5 Å². The molecule has 3 aliphatic rings. The summed E-state index contributed by atoms with van der Waals surface area (Å²) < 4.78 is 0. The number of rotatable bonds is 2. The van der Waals surface area contributed by atoms with E-state index in [-0.39, 0.29) is 10.8 Å². The average Bonchev–Trinajstić information content (AvgIpc) is 3.25. The molecule has 27 heavy (non-hydrogen) atoms. The van der Waals surface area contributed by atoms with E-state index in [9.17, 15) is 9.90 Å². The fourth-order valence-electron chi connectivity index (χ4n) is 4.77. The van der Waals surface area contributed by atoms with Crippen LogP contribution >= 0.6 is 11.3 Å². The number of carboxylic acids is 1. The van der Waals surface area contributed by atoms with Gasteiger partial charge in [-0.2, -0.15) is 0 Å². The van der Waals surface area contributed by atoms with Gasteiger partial charge in [0.2, 0.25) is 0 Å². The first-order valence-electron chi connectivity index (χ1n) is 9.84. The number of fused-ring (bicyclic) bond motifs is 4. The van der Waals surface area contributed by atoms with E-state index in [0.29, 0.717) is 17.4 Å². The third kappa shape index (κ3) is 2.54. The van der Waals surface area contributed by atoms with Gasteiger partial charge in [-0.05, 0) is 54.9 Å². The standard InChI is InChI=1S/C22H26N2O2S/c1-21(2)7-8-22(3,4)18-17(21)23-20(27-18)24-11-13-10-14(13)15-9-12(19(25)26)5-6-16(15)24/h5-6,9,13-14H,7-8,10-11H2,1-4H3,(H,25,26). The van der Waals surface area contributed by atoms with E-state index in [0.717, 1.165) is 23.8 Å². The summed E-state index contributed by atoms with van der Waals surface area (Å²) >= 11 is 1.84. The number of hydrogen-bond donors (Lipinski definition) is 1. The summed E-state index contributed by atoms with van der Waals surface area (Å²) in [5.41, 5.74) is 4.29. The zero-order chi connectivity index (χ0) is 19.1. The van der Waals surface area contributed by atoms with E-state index >= 15 is 0 Å². The van der Waals surface area contributed by atoms with Crippen LogP contribution in [0.3, 0.4) is 0 Å². The Bertz CT molecular complexity index is 926. The highest BCUT2D eigenvalue weighted by Crippen LogP contribution is 2.58. The monoisotopic (exact) mass is 382 g/mol. The minimum absolute atomic E-state index is 0.119. The fourth-order valence-corrected chi connectivity index (χ4v) is 6.17. The molecule has 0 radical (unpaired) electrons. The third-order valence-electron chi connectivity index (χ3n) is 6.78. The van der Waals surface area contributed by atoms with Gasteiger partial charge in [-0.25, -0.2) is 9.78 Å². The van der Waals surface area contributed by atoms with Crippen LogP contribution in [0.2, 0.25) is 0 Å². The van der Waals surface area contributed by atoms with Crippen LogP contribution in [0, 0.1) is 5.92 Å². The van der Waals surface area contributed by atoms with E-state index < -0.39 is 5.97 Å². The lowest BCUT2D eigenvalue weighted by Gasteiger charge is -2.37. The number of anilines is 2. The average molecular weight is 383 g/mol. The highest BCUT2D eigenvalue weighted by molar-refractivity contribution is 7.16. The molecule has 1 aromatic carbocycles. The number of thiazole rings is 1. The van der Waals surface area contributed by atoms with E-state index in [2.05, 4.69) is 32.6 Å². The van der Waals surface area contributed by atoms with Gasteiger partial charge < -0.3 is 10.0 Å². The zero-order valence-corrected chi connectivity index (χ0v) is 17.2. The van der Waals surface area contributed by atoms with Crippen LogP contribution in [-0.2, 0) is 10.8 Å². The molecule has 0 bridgehead atoms. The molecule has 5 heteroatoms. The number of benzene rings is 1. The molecule has 2 aliphatic carbocycles. The lowest BCUT2D eigenvalue weighted by atomic mass is 9.69. The quantitative estimate of drug-likeness (QED) is 0.751. The molecule has 0 saturated heterocycles. The van der Waals surface area contributed by atoms with Gasteiger partial charge in [0.15, 0.2) is 5.13 Å². The lowest BCUT2D eigenvalue weighted by molar-refractivity contribution is 0.0697. The molecule has 0 amide bonds. The maximum atomic E-state index is 11.4. The summed E-state index contributed by atoms with van der Waals surface area (Å²) in [5.74, 6) is 0.307. The van der Waals surface area contributed by atoms with Crippen molar-refractivity contribution in [1.29, 1.82) is 0 Å². The Morgan fingerprint density at radius 1 is 1.22 bits per heavy atom. The van der Waals surface area contributed by atoms with Crippen molar-refractivity contribution in [1.82, 2.24) is 4.98 Å². The molecule has 1 N–H and O–H groups in total. The molecule has 142 valence electrons. The van der Waals surface area contributed by atoms with Gasteiger partial charge >= 0.3 is 5.97 Å². The maximum Gasteiger partial charge on any atom is 0.335 e. The second kappa shape index (κ2) is 5.34. The van der Waals surface area contributed by atoms with Gasteiger partial charge in [0, 0.05) is 27.9 Å². The van der Waals surface area contributed by atoms with Gasteiger partial charge in [0.25, 0.3) is 0 Å². The molecule has 1 saturated carbocycles. The van der Waals surface area contributed by atoms with Crippen LogP contribution in [0.5, 0.6) is 0 Å². The van der Waals surface area contributed by atoms with Crippen molar-refractivity contribution in [3.8, 4) is 0 Å². The van der Waals surface area contributed by atoms with Crippen molar-refractivity contribution >= 4 is 28.1 Å². The predicted molar refractivity (Wildman–Crippen MR) is 109 cm³/mol. The van der Waals surface area contributed by atoms with Crippen molar-refractivity contribution in [2.24, 2.45) is 5.92 Å². The molecule has 1 aromatic heterocycles. The van der Waals surface area contributed by atoms with Crippen molar-refractivity contribution < 1.29 is 9.90 Å². The first-order chi connectivity index (χ1) is 12.7. The maximum absolute atomic E-state index is 11.4. The number of carboxylic acid groups (broad SMARTS) is 1. The number of hydrogen-bond acceptors (Lipinski definition) is 4. The number of aromatic nitrogens is 1. The van der Waals surface area contributed by atoms with Crippen molar-refractivity contribution in [2.75, 3.05) is 11.4 Å². The number of nitrogens with zero attached hydrogens (tertiary/aromatic N) is 2. The van der Waals surface area contributed by atoms with Gasteiger partial charge in [-0.1, -0.05) is 27.7 Å². The fraction of sp³-hybridized carbons (Fsp3) is 0.545. The predicted octanol–water partition coefficient (Wildman–Crippen LogP) is 5.45. The van der Waals surface area contributed by atoms with Gasteiger partial charge in [-0.15, -0.1) is 11.3 Å². The van der Waals surface area contributed by atoms with E-state index in [4.69, 9.17) is 4.98 Å². The van der Waals surface area contributed by atoms with Crippen molar-refractivity contribution in [3.63, 3.8) is 0 Å². The van der Waals surface area contributed by atoms with Crippen LogP contribution in [0.4, 0.5) is 10.8 Å². The lowest BCUT2D eigenvalue weighted by Crippen LogP contribution is -2.32. The zero-order valence-electron chi connectivity index (χ0n) is 16.4. The van der Waals surface area contributed by atoms with Gasteiger partial charge in [-0.3, -0.25) is 0 Å². The van der Waals surface area contributed by atoms with Crippen molar-refractivity contribution in [2.45, 2.75) is 63.7 Å². The van der Waals surface area contributed by atoms with E-state index in [1.54, 1.807) is 6.07 Å². The Balaban J connectivity index is 1.62. The molecule has 1 fully saturated rings. The van der Waals surface area contributed by atoms with Crippen LogP contribution < -0.4 is 4.90 Å². The van der Waals surface area contributed by atoms with Crippen LogP contribution in [0.15, 0.2) is 18.2 Å². The van der Waals surface area contributed by atoms with E-state index in [1.165, 1.54) is 29.0 Å². The molecular formula is C22H26N2O2S. The molecule has 0 spiro atoms. The molecule has 2 atom stereocenters. The molecule has 2 aromatic rings. The first kappa shape index (κ1) is 17.2. The van der Waals surface area contributed by atoms with Crippen LogP contribution in [0.25, 0.3) is 0 Å². The third-order valence-corrected chi connectivity index (χ3v) is 8.23. The van der Waals surface area contributed by atoms with Gasteiger partial charge in [0.1, 0.15) is 0 Å². The largest absolute Gasteiger partial charge is 0.478 e. The second-order valence-electron chi connectivity index (χ2n) is 9.73. The summed E-state index contributed by atoms with van der Waals surface area (Å²) in [6.07, 6.45) is 3.52. The SMILES string of the molecule is CC1(C)CCC(C)(C)c2sc(N3CC4CC4c4cc(C(=O)O)ccc43)nc21. The molecule has 2 unspecified atom stereocenters. The second-order valence-corrected chi connectivity index (χ2v) is 10.7. The molecule has 1 aliphatic heterocycles. The summed E-state index contributed by atoms with van der Waals surface area (Å²) in [6.45, 7) is 10.3. The van der Waals surface area contributed by atoms with Crippen molar-refractivity contribution in [3.05, 3.63) is 39.9 Å². The molecular weight excluding hydrogens is 356 g/mol. The summed E-state index contributed by atoms with van der Waals surface area (Å²) in [6, 6.07) is 5.61. The Kier molecular flexibility index (Phi) is 3.41. The Morgan fingerprint density at radius 3 is 2.67 bits per heavy atom. The molecule has 4 nitrogen and oxygen atoms in total. The Morgan fingerprint density at radius 2 is 1.96 bits per heavy atom. The smallest absolute Gasteiger partial charge is 0.335 e. The van der Waals surface area contributed by atoms with Crippen LogP contribution in [-0.4, -0.2) is 22.6 Å². The molecule has 2 heterocycles. The highest BCUT2D eigenvalue weighted by atomic mass is 32.1. The first-order valence-corrected chi connectivity index (χ1v) is 10.7. The topological polar surface area (TPSA) is 53.4 Å².